The van der Waals surface area contributed by atoms with Crippen molar-refractivity contribution in [3.05, 3.63) is 11.8 Å². The largest absolute Gasteiger partial charge is 0.477 e. The molecule has 2 aliphatic rings. The first-order valence-electron chi connectivity index (χ1n) is 6.43. The smallest absolute Gasteiger partial charge is 0.353 e. The maximum atomic E-state index is 12.0. The van der Waals surface area contributed by atoms with E-state index < -0.39 is 11.9 Å². The van der Waals surface area contributed by atoms with Crippen LogP contribution in [0.25, 0.3) is 0 Å². The monoisotopic (exact) mass is 278 g/mol. The molecule has 20 heavy (non-hydrogen) atoms. The van der Waals surface area contributed by atoms with Crippen molar-refractivity contribution in [2.75, 3.05) is 11.9 Å². The van der Waals surface area contributed by atoms with Crippen LogP contribution in [0.1, 0.15) is 29.8 Å². The lowest BCUT2D eigenvalue weighted by molar-refractivity contribution is -0.128. The number of carboxylic acids is 1. The minimum atomic E-state index is -1.14. The standard InChI is InChI=1S/C12H14N4O4/c17-10-3-6(5-16(10)7-1-2-7)11(18)13-9-4-8(12(19)20)14-15-9/h4,6-7H,1-3,5H2,(H,19,20)(H2,13,14,15,18). The van der Waals surface area contributed by atoms with E-state index in [2.05, 4.69) is 15.5 Å². The van der Waals surface area contributed by atoms with Gasteiger partial charge in [0, 0.05) is 25.1 Å². The number of nitrogens with zero attached hydrogens (tertiary/aromatic N) is 2. The lowest BCUT2D eigenvalue weighted by Crippen LogP contribution is -2.29. The molecular formula is C12H14N4O4. The summed E-state index contributed by atoms with van der Waals surface area (Å²) >= 11 is 0. The second-order valence-electron chi connectivity index (χ2n) is 5.14. The van der Waals surface area contributed by atoms with Crippen LogP contribution in [0.3, 0.4) is 0 Å². The maximum Gasteiger partial charge on any atom is 0.353 e. The van der Waals surface area contributed by atoms with E-state index in [9.17, 15) is 14.4 Å². The maximum absolute atomic E-state index is 12.0. The molecule has 2 fully saturated rings. The molecule has 1 saturated carbocycles. The molecule has 1 aliphatic heterocycles. The summed E-state index contributed by atoms with van der Waals surface area (Å²) in [6, 6.07) is 1.56. The molecule has 2 amide bonds. The lowest BCUT2D eigenvalue weighted by Gasteiger charge is -2.14. The van der Waals surface area contributed by atoms with E-state index in [0.717, 1.165) is 12.8 Å². The molecule has 2 heterocycles. The Morgan fingerprint density at radius 2 is 2.20 bits per heavy atom. The Morgan fingerprint density at radius 3 is 2.80 bits per heavy atom. The summed E-state index contributed by atoms with van der Waals surface area (Å²) in [7, 11) is 0. The van der Waals surface area contributed by atoms with Crippen LogP contribution in [0.5, 0.6) is 0 Å². The number of anilines is 1. The van der Waals surface area contributed by atoms with Gasteiger partial charge < -0.3 is 15.3 Å². The number of carbonyl (C=O) groups excluding carboxylic acids is 2. The first-order valence-corrected chi connectivity index (χ1v) is 6.43. The zero-order valence-electron chi connectivity index (χ0n) is 10.6. The Hall–Kier alpha value is -2.38. The van der Waals surface area contributed by atoms with Crippen LogP contribution in [0.4, 0.5) is 5.82 Å². The van der Waals surface area contributed by atoms with Crippen molar-refractivity contribution in [1.29, 1.82) is 0 Å². The van der Waals surface area contributed by atoms with Crippen molar-refractivity contribution in [3.8, 4) is 0 Å². The molecule has 8 heteroatoms. The first kappa shape index (κ1) is 12.6. The molecule has 0 spiro atoms. The fourth-order valence-corrected chi connectivity index (χ4v) is 2.37. The van der Waals surface area contributed by atoms with Gasteiger partial charge in [-0.25, -0.2) is 4.79 Å². The minimum absolute atomic E-state index is 0.0147. The van der Waals surface area contributed by atoms with Crippen molar-refractivity contribution in [3.63, 3.8) is 0 Å². The molecule has 0 bridgehead atoms. The van der Waals surface area contributed by atoms with Gasteiger partial charge in [-0.1, -0.05) is 0 Å². The molecule has 8 nitrogen and oxygen atoms in total. The molecule has 106 valence electrons. The number of nitrogens with one attached hydrogen (secondary N) is 2. The third-order valence-electron chi connectivity index (χ3n) is 3.58. The van der Waals surface area contributed by atoms with Gasteiger partial charge in [-0.05, 0) is 12.8 Å². The van der Waals surface area contributed by atoms with Crippen LogP contribution >= 0.6 is 0 Å². The molecule has 1 atom stereocenters. The summed E-state index contributed by atoms with van der Waals surface area (Å²) < 4.78 is 0. The molecule has 1 saturated heterocycles. The number of aromatic carboxylic acids is 1. The minimum Gasteiger partial charge on any atom is -0.477 e. The van der Waals surface area contributed by atoms with Crippen LogP contribution in [-0.2, 0) is 9.59 Å². The molecule has 1 aromatic heterocycles. The molecule has 1 aliphatic carbocycles. The Kier molecular flexibility index (Phi) is 2.92. The van der Waals surface area contributed by atoms with E-state index in [1.54, 1.807) is 4.90 Å². The van der Waals surface area contributed by atoms with E-state index in [1.165, 1.54) is 6.07 Å². The second kappa shape index (κ2) is 4.62. The Bertz CT molecular complexity index is 578. The summed E-state index contributed by atoms with van der Waals surface area (Å²) in [6.07, 6.45) is 2.24. The average Bonchev–Trinajstić information content (AvgIpc) is 2.99. The Labute approximate surface area is 114 Å². The highest BCUT2D eigenvalue weighted by molar-refractivity contribution is 5.97. The highest BCUT2D eigenvalue weighted by Crippen LogP contribution is 2.32. The predicted octanol–water partition coefficient (Wildman–Crippen LogP) is 0.0573. The third kappa shape index (κ3) is 2.36. The SMILES string of the molecule is O=C(O)c1cc(NC(=O)C2CC(=O)N(C3CC3)C2)n[nH]1. The average molecular weight is 278 g/mol. The van der Waals surface area contributed by atoms with Crippen molar-refractivity contribution in [2.45, 2.75) is 25.3 Å². The van der Waals surface area contributed by atoms with Crippen molar-refractivity contribution in [2.24, 2.45) is 5.92 Å². The van der Waals surface area contributed by atoms with Crippen LogP contribution in [0.15, 0.2) is 6.07 Å². The van der Waals surface area contributed by atoms with Crippen LogP contribution in [-0.4, -0.2) is 50.6 Å². The second-order valence-corrected chi connectivity index (χ2v) is 5.14. The zero-order valence-corrected chi connectivity index (χ0v) is 10.6. The molecule has 1 aromatic rings. The van der Waals surface area contributed by atoms with Gasteiger partial charge in [-0.15, -0.1) is 0 Å². The summed E-state index contributed by atoms with van der Waals surface area (Å²) in [5.74, 6) is -1.67. The fraction of sp³-hybridized carbons (Fsp3) is 0.500. The number of hydrogen-bond donors (Lipinski definition) is 3. The van der Waals surface area contributed by atoms with Gasteiger partial charge in [0.1, 0.15) is 5.69 Å². The fourth-order valence-electron chi connectivity index (χ4n) is 2.37. The van der Waals surface area contributed by atoms with E-state index >= 15 is 0 Å². The summed E-state index contributed by atoms with van der Waals surface area (Å²) in [6.45, 7) is 0.436. The van der Waals surface area contributed by atoms with Crippen LogP contribution in [0, 0.1) is 5.92 Å². The number of likely N-dealkylation sites (tertiary alicyclic amines) is 1. The number of H-pyrrole nitrogens is 1. The topological polar surface area (TPSA) is 115 Å². The van der Waals surface area contributed by atoms with Crippen molar-refractivity contribution < 1.29 is 19.5 Å². The Morgan fingerprint density at radius 1 is 1.45 bits per heavy atom. The summed E-state index contributed by atoms with van der Waals surface area (Å²) in [4.78, 5) is 36.2. The Balaban J connectivity index is 1.61. The highest BCUT2D eigenvalue weighted by Gasteiger charge is 2.41. The van der Waals surface area contributed by atoms with Gasteiger partial charge in [0.05, 0.1) is 5.92 Å². The number of amides is 2. The summed E-state index contributed by atoms with van der Waals surface area (Å²) in [5, 5.41) is 17.3. The summed E-state index contributed by atoms with van der Waals surface area (Å²) in [5.41, 5.74) is -0.0950. The number of hydrogen-bond acceptors (Lipinski definition) is 4. The molecule has 0 aromatic carbocycles. The van der Waals surface area contributed by atoms with Gasteiger partial charge in [-0.2, -0.15) is 5.10 Å². The van der Waals surface area contributed by atoms with E-state index in [1.807, 2.05) is 0 Å². The molecule has 1 unspecified atom stereocenters. The predicted molar refractivity (Wildman–Crippen MR) is 67.0 cm³/mol. The molecule has 3 N–H and O–H groups in total. The number of carboxylic acid groups (broad SMARTS) is 1. The van der Waals surface area contributed by atoms with E-state index in [0.29, 0.717) is 12.6 Å². The van der Waals surface area contributed by atoms with Crippen LogP contribution < -0.4 is 5.32 Å². The lowest BCUT2D eigenvalue weighted by atomic mass is 10.1. The normalized spacial score (nSPS) is 22.1. The van der Waals surface area contributed by atoms with Gasteiger partial charge in [0.25, 0.3) is 0 Å². The molecular weight excluding hydrogens is 264 g/mol. The van der Waals surface area contributed by atoms with Gasteiger partial charge in [0.2, 0.25) is 11.8 Å². The van der Waals surface area contributed by atoms with Crippen molar-refractivity contribution in [1.82, 2.24) is 15.1 Å². The molecule has 0 radical (unpaired) electrons. The van der Waals surface area contributed by atoms with Gasteiger partial charge in [0.15, 0.2) is 5.82 Å². The number of rotatable bonds is 4. The zero-order chi connectivity index (χ0) is 14.3. The van der Waals surface area contributed by atoms with E-state index in [4.69, 9.17) is 5.11 Å². The highest BCUT2D eigenvalue weighted by atomic mass is 16.4. The van der Waals surface area contributed by atoms with Crippen LogP contribution in [0.2, 0.25) is 0 Å². The third-order valence-corrected chi connectivity index (χ3v) is 3.58. The van der Waals surface area contributed by atoms with E-state index in [-0.39, 0.29) is 29.7 Å². The van der Waals surface area contributed by atoms with Gasteiger partial charge >= 0.3 is 5.97 Å². The number of carbonyl (C=O) groups is 3. The van der Waals surface area contributed by atoms with Gasteiger partial charge in [-0.3, -0.25) is 14.7 Å². The first-order chi connectivity index (χ1) is 9.54. The molecule has 3 rings (SSSR count). The quantitative estimate of drug-likeness (QED) is 0.720. The number of aromatic nitrogens is 2. The number of aromatic amines is 1. The van der Waals surface area contributed by atoms with Crippen molar-refractivity contribution >= 4 is 23.6 Å².